The number of thiophene rings is 1. The highest BCUT2D eigenvalue weighted by molar-refractivity contribution is 7.26. The van der Waals surface area contributed by atoms with E-state index in [1.54, 1.807) is 0 Å². The quantitative estimate of drug-likeness (QED) is 0.173. The van der Waals surface area contributed by atoms with Crippen molar-refractivity contribution in [1.82, 2.24) is 0 Å². The Labute approximate surface area is 292 Å². The third-order valence-corrected chi connectivity index (χ3v) is 11.5. The number of hydrogen-bond donors (Lipinski definition) is 0. The van der Waals surface area contributed by atoms with Gasteiger partial charge in [-0.2, -0.15) is 0 Å². The van der Waals surface area contributed by atoms with Gasteiger partial charge < -0.3 is 4.42 Å². The molecule has 9 aromatic carbocycles. The van der Waals surface area contributed by atoms with E-state index in [9.17, 15) is 0 Å². The first kappa shape index (κ1) is 27.7. The van der Waals surface area contributed by atoms with Gasteiger partial charge in [-0.05, 0) is 84.4 Å². The van der Waals surface area contributed by atoms with E-state index in [4.69, 9.17) is 4.42 Å². The average Bonchev–Trinajstić information content (AvgIpc) is 3.74. The van der Waals surface area contributed by atoms with E-state index in [2.05, 4.69) is 170 Å². The molecule has 2 heteroatoms. The lowest BCUT2D eigenvalue weighted by Gasteiger charge is -2.18. The van der Waals surface area contributed by atoms with E-state index >= 15 is 0 Å². The van der Waals surface area contributed by atoms with Crippen molar-refractivity contribution in [3.63, 3.8) is 0 Å². The van der Waals surface area contributed by atoms with Crippen LogP contribution in [-0.2, 0) is 0 Å². The molecule has 0 aliphatic heterocycles. The van der Waals surface area contributed by atoms with Gasteiger partial charge >= 0.3 is 0 Å². The first-order valence-corrected chi connectivity index (χ1v) is 17.9. The maximum Gasteiger partial charge on any atom is 0.143 e. The Kier molecular flexibility index (Phi) is 5.89. The minimum Gasteiger partial charge on any atom is -0.455 e. The van der Waals surface area contributed by atoms with Crippen molar-refractivity contribution < 1.29 is 4.42 Å². The molecule has 0 bridgehead atoms. The van der Waals surface area contributed by atoms with Crippen LogP contribution in [0.4, 0.5) is 0 Å². The summed E-state index contributed by atoms with van der Waals surface area (Å²) in [5.74, 6) is 0. The van der Waals surface area contributed by atoms with Gasteiger partial charge in [0.25, 0.3) is 0 Å². The lowest BCUT2D eigenvalue weighted by Crippen LogP contribution is -1.91. The molecule has 0 unspecified atom stereocenters. The number of hydrogen-bond acceptors (Lipinski definition) is 2. The van der Waals surface area contributed by atoms with E-state index in [0.717, 1.165) is 22.3 Å². The molecule has 0 aliphatic rings. The number of benzene rings is 9. The first-order chi connectivity index (χ1) is 24.8. The summed E-state index contributed by atoms with van der Waals surface area (Å²) in [5, 5.41) is 12.3. The standard InChI is InChI=1S/C48H28OS/c1-2-14-30(15-3-1)43-34-19-6-8-21-36(34)44(37-22-9-7-20-35(37)43)31-16-12-17-32(27-31)45-47-38-23-10-11-24-41(38)50-42(47)28-39-46-33-18-5-4-13-29(33)25-26-40(46)49-48(39)45/h1-28H. The molecule has 0 N–H and O–H groups in total. The molecule has 2 aromatic heterocycles. The topological polar surface area (TPSA) is 13.1 Å². The fourth-order valence-corrected chi connectivity index (χ4v) is 9.50. The van der Waals surface area contributed by atoms with Crippen LogP contribution in [0, 0.1) is 0 Å². The third kappa shape index (κ3) is 3.94. The van der Waals surface area contributed by atoms with E-state index in [-0.39, 0.29) is 0 Å². The van der Waals surface area contributed by atoms with Gasteiger partial charge in [-0.15, -0.1) is 11.3 Å². The molecular formula is C48H28OS. The summed E-state index contributed by atoms with van der Waals surface area (Å²) in [6.45, 7) is 0. The van der Waals surface area contributed by atoms with Gasteiger partial charge in [-0.25, -0.2) is 0 Å². The summed E-state index contributed by atoms with van der Waals surface area (Å²) < 4.78 is 9.49. The van der Waals surface area contributed by atoms with Gasteiger partial charge in [0.05, 0.1) is 0 Å². The van der Waals surface area contributed by atoms with Crippen molar-refractivity contribution in [2.45, 2.75) is 0 Å². The predicted molar refractivity (Wildman–Crippen MR) is 215 cm³/mol. The molecule has 2 heterocycles. The van der Waals surface area contributed by atoms with Crippen LogP contribution in [0.15, 0.2) is 174 Å². The normalized spacial score (nSPS) is 12.0. The molecular weight excluding hydrogens is 625 g/mol. The van der Waals surface area contributed by atoms with Gasteiger partial charge in [0.15, 0.2) is 0 Å². The van der Waals surface area contributed by atoms with Crippen LogP contribution in [0.3, 0.4) is 0 Å². The molecule has 50 heavy (non-hydrogen) atoms. The van der Waals surface area contributed by atoms with Gasteiger partial charge in [0.1, 0.15) is 11.2 Å². The molecule has 1 nitrogen and oxygen atoms in total. The largest absolute Gasteiger partial charge is 0.455 e. The Balaban J connectivity index is 1.26. The van der Waals surface area contributed by atoms with Crippen LogP contribution in [0.5, 0.6) is 0 Å². The molecule has 0 spiro atoms. The minimum atomic E-state index is 0.923. The highest BCUT2D eigenvalue weighted by Crippen LogP contribution is 2.49. The van der Waals surface area contributed by atoms with Crippen LogP contribution in [0.2, 0.25) is 0 Å². The van der Waals surface area contributed by atoms with E-state index in [0.29, 0.717) is 0 Å². The Hall–Kier alpha value is -6.22. The second-order valence-corrected chi connectivity index (χ2v) is 14.2. The SMILES string of the molecule is c1ccc(-c2c3ccccc3c(-c3cccc(-c4c5oc6ccc7ccccc7c6c5cc5sc6ccccc6c45)c3)c3ccccc23)cc1. The highest BCUT2D eigenvalue weighted by atomic mass is 32.1. The summed E-state index contributed by atoms with van der Waals surface area (Å²) in [7, 11) is 0. The number of fused-ring (bicyclic) bond motifs is 10. The Morgan fingerprint density at radius 2 is 0.900 bits per heavy atom. The van der Waals surface area contributed by atoms with Crippen molar-refractivity contribution >= 4 is 85.8 Å². The lowest BCUT2D eigenvalue weighted by atomic mass is 9.85. The molecule has 11 rings (SSSR count). The van der Waals surface area contributed by atoms with E-state index < -0.39 is 0 Å². The Morgan fingerprint density at radius 1 is 0.340 bits per heavy atom. The van der Waals surface area contributed by atoms with Gasteiger partial charge in [0.2, 0.25) is 0 Å². The first-order valence-electron chi connectivity index (χ1n) is 17.1. The maximum atomic E-state index is 6.93. The second kappa shape index (κ2) is 10.6. The fraction of sp³-hybridized carbons (Fsp3) is 0. The number of furan rings is 1. The molecule has 0 aliphatic carbocycles. The van der Waals surface area contributed by atoms with Crippen molar-refractivity contribution in [2.24, 2.45) is 0 Å². The second-order valence-electron chi connectivity index (χ2n) is 13.1. The van der Waals surface area contributed by atoms with Gasteiger partial charge in [-0.1, -0.05) is 146 Å². The molecule has 0 saturated heterocycles. The zero-order valence-corrected chi connectivity index (χ0v) is 27.8. The number of rotatable bonds is 3. The van der Waals surface area contributed by atoms with Crippen LogP contribution >= 0.6 is 11.3 Å². The third-order valence-electron chi connectivity index (χ3n) is 10.4. The average molecular weight is 653 g/mol. The van der Waals surface area contributed by atoms with Crippen molar-refractivity contribution in [3.05, 3.63) is 170 Å². The summed E-state index contributed by atoms with van der Waals surface area (Å²) >= 11 is 1.86. The molecule has 0 amide bonds. The summed E-state index contributed by atoms with van der Waals surface area (Å²) in [6, 6.07) is 61.8. The summed E-state index contributed by atoms with van der Waals surface area (Å²) in [4.78, 5) is 0. The molecule has 11 aromatic rings. The fourth-order valence-electron chi connectivity index (χ4n) is 8.35. The zero-order valence-electron chi connectivity index (χ0n) is 27.0. The lowest BCUT2D eigenvalue weighted by molar-refractivity contribution is 0.671. The zero-order chi connectivity index (χ0) is 32.8. The molecule has 0 saturated carbocycles. The van der Waals surface area contributed by atoms with E-state index in [1.807, 2.05) is 11.3 Å². The van der Waals surface area contributed by atoms with Crippen LogP contribution in [0.1, 0.15) is 0 Å². The molecule has 0 atom stereocenters. The Bertz CT molecular complexity index is 3090. The van der Waals surface area contributed by atoms with Crippen molar-refractivity contribution in [3.8, 4) is 33.4 Å². The molecule has 0 radical (unpaired) electrons. The van der Waals surface area contributed by atoms with Crippen LogP contribution in [-0.4, -0.2) is 0 Å². The Morgan fingerprint density at radius 3 is 1.62 bits per heavy atom. The van der Waals surface area contributed by atoms with E-state index in [1.165, 1.54) is 85.5 Å². The molecule has 232 valence electrons. The van der Waals surface area contributed by atoms with Crippen molar-refractivity contribution in [2.75, 3.05) is 0 Å². The monoisotopic (exact) mass is 652 g/mol. The summed E-state index contributed by atoms with van der Waals surface area (Å²) in [5.41, 5.74) is 9.15. The van der Waals surface area contributed by atoms with Gasteiger partial charge in [-0.3, -0.25) is 0 Å². The van der Waals surface area contributed by atoms with Crippen molar-refractivity contribution in [1.29, 1.82) is 0 Å². The highest BCUT2D eigenvalue weighted by Gasteiger charge is 2.22. The van der Waals surface area contributed by atoms with Crippen LogP contribution < -0.4 is 0 Å². The predicted octanol–water partition coefficient (Wildman–Crippen LogP) is 14.4. The van der Waals surface area contributed by atoms with Gasteiger partial charge in [0, 0.05) is 36.5 Å². The minimum absolute atomic E-state index is 0.923. The summed E-state index contributed by atoms with van der Waals surface area (Å²) in [6.07, 6.45) is 0. The smallest absolute Gasteiger partial charge is 0.143 e. The van der Waals surface area contributed by atoms with Crippen LogP contribution in [0.25, 0.3) is 108 Å². The maximum absolute atomic E-state index is 6.93. The molecule has 0 fully saturated rings.